The Morgan fingerprint density at radius 2 is 2.06 bits per heavy atom. The molecule has 0 bridgehead atoms. The molecule has 0 aromatic carbocycles. The number of aromatic nitrogens is 2. The summed E-state index contributed by atoms with van der Waals surface area (Å²) >= 11 is 0. The van der Waals surface area contributed by atoms with Gasteiger partial charge in [0.25, 0.3) is 6.43 Å². The van der Waals surface area contributed by atoms with Crippen molar-refractivity contribution < 1.29 is 31.9 Å². The van der Waals surface area contributed by atoms with Gasteiger partial charge in [-0.2, -0.15) is 18.3 Å². The van der Waals surface area contributed by atoms with Crippen molar-refractivity contribution in [2.24, 2.45) is 0 Å². The van der Waals surface area contributed by atoms with E-state index in [1.165, 1.54) is 0 Å². The molecule has 0 atom stereocenters. The van der Waals surface area contributed by atoms with Gasteiger partial charge < -0.3 is 5.11 Å². The molecule has 9 heteroatoms. The van der Waals surface area contributed by atoms with E-state index >= 15 is 0 Å². The van der Waals surface area contributed by atoms with E-state index in [4.69, 9.17) is 5.11 Å². The zero-order chi connectivity index (χ0) is 12.5. The van der Waals surface area contributed by atoms with Gasteiger partial charge in [-0.05, 0) is 0 Å². The summed E-state index contributed by atoms with van der Waals surface area (Å²) in [4.78, 5) is 10.4. The number of halogens is 5. The molecule has 1 rings (SSSR count). The molecule has 0 saturated heterocycles. The van der Waals surface area contributed by atoms with Crippen molar-refractivity contribution >= 4 is 5.97 Å². The number of nitrogens with zero attached hydrogens (tertiary/aromatic N) is 2. The predicted octanol–water partition coefficient (Wildman–Crippen LogP) is 2.08. The molecule has 0 aliphatic carbocycles. The first kappa shape index (κ1) is 12.4. The summed E-state index contributed by atoms with van der Waals surface area (Å²) in [5.74, 6) is -1.75. The topological polar surface area (TPSA) is 55.1 Å². The van der Waals surface area contributed by atoms with Crippen molar-refractivity contribution in [1.29, 1.82) is 0 Å². The summed E-state index contributed by atoms with van der Waals surface area (Å²) in [5, 5.41) is 11.4. The SMILES string of the molecule is O=C(O)c1cnn(CC(F)(F)F)c1C(F)F. The highest BCUT2D eigenvalue weighted by Crippen LogP contribution is 2.26. The fourth-order valence-electron chi connectivity index (χ4n) is 1.09. The molecule has 0 fully saturated rings. The van der Waals surface area contributed by atoms with Gasteiger partial charge in [-0.3, -0.25) is 4.68 Å². The molecule has 4 nitrogen and oxygen atoms in total. The van der Waals surface area contributed by atoms with Gasteiger partial charge in [0.05, 0.1) is 6.20 Å². The van der Waals surface area contributed by atoms with Crippen LogP contribution in [0.2, 0.25) is 0 Å². The summed E-state index contributed by atoms with van der Waals surface area (Å²) in [7, 11) is 0. The van der Waals surface area contributed by atoms with Crippen LogP contribution in [0.25, 0.3) is 0 Å². The van der Waals surface area contributed by atoms with Crippen molar-refractivity contribution in [3.8, 4) is 0 Å². The summed E-state index contributed by atoms with van der Waals surface area (Å²) in [6.45, 7) is -1.75. The maximum Gasteiger partial charge on any atom is 0.408 e. The van der Waals surface area contributed by atoms with Crippen LogP contribution < -0.4 is 0 Å². The molecule has 1 aromatic rings. The molecule has 0 radical (unpaired) electrons. The minimum absolute atomic E-state index is 0.0614. The molecule has 0 spiro atoms. The number of carbonyl (C=O) groups is 1. The molecule has 1 heterocycles. The van der Waals surface area contributed by atoms with Crippen LogP contribution in [0.3, 0.4) is 0 Å². The summed E-state index contributed by atoms with van der Waals surface area (Å²) in [5.41, 5.74) is -2.18. The van der Waals surface area contributed by atoms with Gasteiger partial charge >= 0.3 is 12.1 Å². The molecule has 16 heavy (non-hydrogen) atoms. The number of alkyl halides is 5. The lowest BCUT2D eigenvalue weighted by Crippen LogP contribution is -2.21. The van der Waals surface area contributed by atoms with E-state index in [1.54, 1.807) is 0 Å². The second-order valence-corrected chi connectivity index (χ2v) is 2.82. The van der Waals surface area contributed by atoms with Crippen molar-refractivity contribution in [2.45, 2.75) is 19.1 Å². The highest BCUT2D eigenvalue weighted by Gasteiger charge is 2.33. The molecular weight excluding hydrogens is 239 g/mol. The Hall–Kier alpha value is -1.67. The van der Waals surface area contributed by atoms with Crippen LogP contribution >= 0.6 is 0 Å². The number of aromatic carboxylic acids is 1. The fraction of sp³-hybridized carbons (Fsp3) is 0.429. The maximum atomic E-state index is 12.4. The van der Waals surface area contributed by atoms with Gasteiger partial charge in [0.1, 0.15) is 17.8 Å². The first-order chi connectivity index (χ1) is 7.22. The number of rotatable bonds is 3. The Balaban J connectivity index is 3.16. The third-order valence-electron chi connectivity index (χ3n) is 1.65. The lowest BCUT2D eigenvalue weighted by molar-refractivity contribution is -0.143. The largest absolute Gasteiger partial charge is 0.478 e. The quantitative estimate of drug-likeness (QED) is 0.828. The van der Waals surface area contributed by atoms with Gasteiger partial charge in [-0.1, -0.05) is 0 Å². The van der Waals surface area contributed by atoms with Gasteiger partial charge in [0.2, 0.25) is 0 Å². The lowest BCUT2D eigenvalue weighted by atomic mass is 10.2. The summed E-state index contributed by atoms with van der Waals surface area (Å²) in [6.07, 6.45) is -7.61. The van der Waals surface area contributed by atoms with Crippen LogP contribution in [-0.2, 0) is 6.54 Å². The number of carboxylic acid groups (broad SMARTS) is 1. The van der Waals surface area contributed by atoms with E-state index in [-0.39, 0.29) is 4.68 Å². The second kappa shape index (κ2) is 4.06. The van der Waals surface area contributed by atoms with Gasteiger partial charge in [0.15, 0.2) is 0 Å². The van der Waals surface area contributed by atoms with Crippen molar-refractivity contribution in [3.05, 3.63) is 17.5 Å². The van der Waals surface area contributed by atoms with Crippen LogP contribution in [0.1, 0.15) is 22.5 Å². The van der Waals surface area contributed by atoms with Gasteiger partial charge in [-0.25, -0.2) is 13.6 Å². The first-order valence-electron chi connectivity index (χ1n) is 3.86. The van der Waals surface area contributed by atoms with Crippen LogP contribution in [0.15, 0.2) is 6.20 Å². The zero-order valence-corrected chi connectivity index (χ0v) is 7.50. The standard InChI is InChI=1S/C7H5F5N2O2/c8-5(9)4-3(6(15)16)1-13-14(4)2-7(10,11)12/h1,5H,2H2,(H,15,16). The average molecular weight is 244 g/mol. The Kier molecular flexibility index (Phi) is 3.15. The monoisotopic (exact) mass is 244 g/mol. The van der Waals surface area contributed by atoms with E-state index in [1.807, 2.05) is 0 Å². The van der Waals surface area contributed by atoms with E-state index in [0.717, 1.165) is 0 Å². The summed E-state index contributed by atoms with van der Waals surface area (Å²) in [6, 6.07) is 0. The Morgan fingerprint density at radius 3 is 2.44 bits per heavy atom. The molecule has 1 N–H and O–H groups in total. The van der Waals surface area contributed by atoms with E-state index in [9.17, 15) is 26.7 Å². The van der Waals surface area contributed by atoms with Crippen molar-refractivity contribution in [2.75, 3.05) is 0 Å². The average Bonchev–Trinajstić information content (AvgIpc) is 2.44. The Labute approximate surface area is 85.3 Å². The molecular formula is C7H5F5N2O2. The zero-order valence-electron chi connectivity index (χ0n) is 7.50. The summed E-state index contributed by atoms with van der Waals surface area (Å²) < 4.78 is 60.5. The van der Waals surface area contributed by atoms with Crippen molar-refractivity contribution in [1.82, 2.24) is 9.78 Å². The van der Waals surface area contributed by atoms with Crippen LogP contribution in [0, 0.1) is 0 Å². The van der Waals surface area contributed by atoms with E-state index < -0.39 is 36.4 Å². The smallest absolute Gasteiger partial charge is 0.408 e. The molecule has 1 aromatic heterocycles. The highest BCUT2D eigenvalue weighted by molar-refractivity contribution is 5.88. The molecule has 0 aliphatic rings. The van der Waals surface area contributed by atoms with Gasteiger partial charge in [0, 0.05) is 0 Å². The fourth-order valence-corrected chi connectivity index (χ4v) is 1.09. The first-order valence-corrected chi connectivity index (χ1v) is 3.86. The minimum atomic E-state index is -4.74. The minimum Gasteiger partial charge on any atom is -0.478 e. The van der Waals surface area contributed by atoms with Crippen LogP contribution in [-0.4, -0.2) is 27.0 Å². The number of carboxylic acids is 1. The van der Waals surface area contributed by atoms with E-state index in [0.29, 0.717) is 6.20 Å². The molecule has 0 amide bonds. The van der Waals surface area contributed by atoms with Crippen LogP contribution in [0.5, 0.6) is 0 Å². The normalized spacial score (nSPS) is 12.1. The molecule has 0 unspecified atom stereocenters. The third kappa shape index (κ3) is 2.67. The Morgan fingerprint density at radius 1 is 1.50 bits per heavy atom. The number of hydrogen-bond donors (Lipinski definition) is 1. The third-order valence-corrected chi connectivity index (χ3v) is 1.65. The predicted molar refractivity (Wildman–Crippen MR) is 40.2 cm³/mol. The number of hydrogen-bond acceptors (Lipinski definition) is 2. The molecule has 90 valence electrons. The highest BCUT2D eigenvalue weighted by atomic mass is 19.4. The van der Waals surface area contributed by atoms with E-state index in [2.05, 4.69) is 5.10 Å². The van der Waals surface area contributed by atoms with Crippen LogP contribution in [0.4, 0.5) is 22.0 Å². The maximum absolute atomic E-state index is 12.4. The molecule has 0 aliphatic heterocycles. The Bertz CT molecular complexity index is 398. The second-order valence-electron chi connectivity index (χ2n) is 2.82. The van der Waals surface area contributed by atoms with Crippen molar-refractivity contribution in [3.63, 3.8) is 0 Å². The lowest BCUT2D eigenvalue weighted by Gasteiger charge is -2.10. The molecule has 0 saturated carbocycles. The van der Waals surface area contributed by atoms with Gasteiger partial charge in [-0.15, -0.1) is 0 Å².